The molecule has 0 fully saturated rings. The molecular weight excluding hydrogens is 392 g/mol. The smallest absolute Gasteiger partial charge is 0.259 e. The van der Waals surface area contributed by atoms with Gasteiger partial charge in [-0.05, 0) is 6.07 Å². The first-order chi connectivity index (χ1) is 13.4. The number of hydrogen-bond acceptors (Lipinski definition) is 6. The van der Waals surface area contributed by atoms with Gasteiger partial charge in [-0.1, -0.05) is 50.7 Å². The highest BCUT2D eigenvalue weighted by molar-refractivity contribution is 8.25. The molecule has 1 aromatic carbocycles. The van der Waals surface area contributed by atoms with Gasteiger partial charge in [0.1, 0.15) is 5.76 Å². The van der Waals surface area contributed by atoms with Gasteiger partial charge < -0.3 is 14.7 Å². The maximum atomic E-state index is 12.6. The summed E-state index contributed by atoms with van der Waals surface area (Å²) in [6.45, 7) is 6.97. The highest BCUT2D eigenvalue weighted by atomic mass is 32.2. The van der Waals surface area contributed by atoms with Gasteiger partial charge in [0.25, 0.3) is 5.91 Å². The minimum absolute atomic E-state index is 0.0407. The van der Waals surface area contributed by atoms with E-state index in [-0.39, 0.29) is 15.9 Å². The van der Waals surface area contributed by atoms with Crippen LogP contribution in [0.25, 0.3) is 10.9 Å². The predicted molar refractivity (Wildman–Crippen MR) is 116 cm³/mol. The number of H-pyrrole nitrogens is 1. The number of aromatic amines is 1. The Hall–Kier alpha value is -2.19. The fourth-order valence-electron chi connectivity index (χ4n) is 2.82. The van der Waals surface area contributed by atoms with Crippen molar-refractivity contribution < 1.29 is 9.21 Å². The van der Waals surface area contributed by atoms with Gasteiger partial charge in [0, 0.05) is 22.5 Å². The van der Waals surface area contributed by atoms with E-state index < -0.39 is 0 Å². The minimum atomic E-state index is -0.142. The van der Waals surface area contributed by atoms with Gasteiger partial charge in [-0.15, -0.1) is 11.8 Å². The zero-order valence-electron chi connectivity index (χ0n) is 16.0. The van der Waals surface area contributed by atoms with E-state index in [0.717, 1.165) is 22.6 Å². The first-order valence-corrected chi connectivity index (χ1v) is 11.0. The zero-order chi connectivity index (χ0) is 19.7. The summed E-state index contributed by atoms with van der Waals surface area (Å²) in [4.78, 5) is 24.6. The molecule has 0 aliphatic carbocycles. The van der Waals surface area contributed by atoms with Gasteiger partial charge in [0.2, 0.25) is 5.89 Å². The number of amidine groups is 1. The highest BCUT2D eigenvalue weighted by Gasteiger charge is 2.24. The quantitative estimate of drug-likeness (QED) is 0.655. The summed E-state index contributed by atoms with van der Waals surface area (Å²) in [6, 6.07) is 7.76. The van der Waals surface area contributed by atoms with Gasteiger partial charge in [-0.3, -0.25) is 9.79 Å². The topological polar surface area (TPSA) is 83.3 Å². The number of aliphatic imine (C=N–C) groups is 1. The van der Waals surface area contributed by atoms with Crippen molar-refractivity contribution in [3.05, 3.63) is 53.9 Å². The predicted octanol–water partition coefficient (Wildman–Crippen LogP) is 4.55. The second kappa shape index (κ2) is 7.67. The van der Waals surface area contributed by atoms with Crippen molar-refractivity contribution >= 4 is 45.5 Å². The Labute approximate surface area is 172 Å². The van der Waals surface area contributed by atoms with Gasteiger partial charge in [-0.25, -0.2) is 4.98 Å². The molecule has 2 aromatic heterocycles. The molecule has 2 N–H and O–H groups in total. The first kappa shape index (κ1) is 19.1. The average molecular weight is 415 g/mol. The van der Waals surface area contributed by atoms with Crippen LogP contribution in [0.4, 0.5) is 0 Å². The van der Waals surface area contributed by atoms with E-state index in [4.69, 9.17) is 4.42 Å². The van der Waals surface area contributed by atoms with Crippen LogP contribution in [0.1, 0.15) is 42.8 Å². The molecule has 6 nitrogen and oxygen atoms in total. The lowest BCUT2D eigenvalue weighted by molar-refractivity contribution is 0.0979. The molecule has 4 rings (SSSR count). The van der Waals surface area contributed by atoms with Crippen LogP contribution in [0.15, 0.2) is 46.1 Å². The van der Waals surface area contributed by atoms with Crippen LogP contribution in [0, 0.1) is 0 Å². The SMILES string of the molecule is CC(C)(C)c1cnc(CSC2CN=C(NC(=O)c3c[nH]c4ccccc34)S2)o1. The molecule has 1 amide bonds. The second-order valence-corrected chi connectivity index (χ2v) is 10.3. The Morgan fingerprint density at radius 2 is 2.21 bits per heavy atom. The Morgan fingerprint density at radius 1 is 1.39 bits per heavy atom. The van der Waals surface area contributed by atoms with E-state index in [9.17, 15) is 4.79 Å². The summed E-state index contributed by atoms with van der Waals surface area (Å²) in [7, 11) is 0. The molecule has 1 aliphatic rings. The normalized spacial score (nSPS) is 17.1. The largest absolute Gasteiger partial charge is 0.444 e. The number of hydrogen-bond donors (Lipinski definition) is 2. The number of rotatable bonds is 4. The fraction of sp³-hybridized carbons (Fsp3) is 0.350. The van der Waals surface area contributed by atoms with E-state index in [1.54, 1.807) is 35.9 Å². The summed E-state index contributed by atoms with van der Waals surface area (Å²) in [5.74, 6) is 2.17. The summed E-state index contributed by atoms with van der Waals surface area (Å²) in [5, 5.41) is 4.50. The van der Waals surface area contributed by atoms with Crippen LogP contribution in [-0.4, -0.2) is 32.2 Å². The number of aromatic nitrogens is 2. The van der Waals surface area contributed by atoms with Crippen molar-refractivity contribution in [2.45, 2.75) is 36.5 Å². The molecule has 28 heavy (non-hydrogen) atoms. The number of oxazole rings is 1. The second-order valence-electron chi connectivity index (χ2n) is 7.57. The third-order valence-corrected chi connectivity index (χ3v) is 6.86. The number of nitrogens with zero attached hydrogens (tertiary/aromatic N) is 2. The molecule has 1 aliphatic heterocycles. The molecule has 0 saturated heterocycles. The molecule has 3 heterocycles. The van der Waals surface area contributed by atoms with Crippen molar-refractivity contribution in [3.8, 4) is 0 Å². The Morgan fingerprint density at radius 3 is 3.00 bits per heavy atom. The van der Waals surface area contributed by atoms with Crippen LogP contribution < -0.4 is 5.32 Å². The summed E-state index contributed by atoms with van der Waals surface area (Å²) in [6.07, 6.45) is 3.54. The number of carbonyl (C=O) groups excluding carboxylic acids is 1. The van der Waals surface area contributed by atoms with Gasteiger partial charge >= 0.3 is 0 Å². The lowest BCUT2D eigenvalue weighted by Crippen LogP contribution is -2.27. The minimum Gasteiger partial charge on any atom is -0.444 e. The molecule has 1 atom stereocenters. The lowest BCUT2D eigenvalue weighted by atomic mass is 9.94. The average Bonchev–Trinajstić information content (AvgIpc) is 3.38. The maximum absolute atomic E-state index is 12.6. The number of carbonyl (C=O) groups is 1. The van der Waals surface area contributed by atoms with E-state index in [1.807, 2.05) is 24.3 Å². The van der Waals surface area contributed by atoms with E-state index in [2.05, 4.69) is 41.0 Å². The molecule has 3 aromatic rings. The standard InChI is InChI=1S/C20H22N4O2S2/c1-20(2,3)15-9-22-16(26-15)11-27-17-10-23-19(28-17)24-18(25)13-8-21-14-7-5-4-6-12(13)14/h4-9,17,21H,10-11H2,1-3H3,(H,23,24,25). The number of amides is 1. The van der Waals surface area contributed by atoms with Crippen LogP contribution in [0.3, 0.4) is 0 Å². The molecule has 0 bridgehead atoms. The van der Waals surface area contributed by atoms with Crippen LogP contribution in [0.2, 0.25) is 0 Å². The summed E-state index contributed by atoms with van der Waals surface area (Å²) < 4.78 is 6.08. The number of nitrogens with one attached hydrogen (secondary N) is 2. The Balaban J connectivity index is 1.30. The van der Waals surface area contributed by atoms with Crippen molar-refractivity contribution in [2.24, 2.45) is 4.99 Å². The monoisotopic (exact) mass is 414 g/mol. The van der Waals surface area contributed by atoms with Crippen molar-refractivity contribution in [2.75, 3.05) is 6.54 Å². The Kier molecular flexibility index (Phi) is 5.25. The highest BCUT2D eigenvalue weighted by Crippen LogP contribution is 2.33. The number of thioether (sulfide) groups is 2. The third kappa shape index (κ3) is 4.12. The zero-order valence-corrected chi connectivity index (χ0v) is 17.6. The number of fused-ring (bicyclic) bond motifs is 1. The van der Waals surface area contributed by atoms with Crippen molar-refractivity contribution in [1.82, 2.24) is 15.3 Å². The fourth-order valence-corrected chi connectivity index (χ4v) is 4.91. The molecule has 8 heteroatoms. The van der Waals surface area contributed by atoms with Crippen molar-refractivity contribution in [3.63, 3.8) is 0 Å². The van der Waals surface area contributed by atoms with E-state index in [0.29, 0.717) is 23.0 Å². The van der Waals surface area contributed by atoms with E-state index >= 15 is 0 Å². The maximum Gasteiger partial charge on any atom is 0.259 e. The van der Waals surface area contributed by atoms with Gasteiger partial charge in [0.05, 0.1) is 28.6 Å². The summed E-state index contributed by atoms with van der Waals surface area (Å²) >= 11 is 3.30. The molecule has 0 radical (unpaired) electrons. The van der Waals surface area contributed by atoms with Crippen LogP contribution in [0.5, 0.6) is 0 Å². The molecular formula is C20H22N4O2S2. The molecule has 0 saturated carbocycles. The van der Waals surface area contributed by atoms with Gasteiger partial charge in [-0.2, -0.15) is 0 Å². The summed E-state index contributed by atoms with van der Waals surface area (Å²) in [5.41, 5.74) is 1.54. The number of para-hydroxylation sites is 1. The third-order valence-electron chi connectivity index (χ3n) is 4.37. The Bertz CT molecular complexity index is 1030. The van der Waals surface area contributed by atoms with Crippen molar-refractivity contribution in [1.29, 1.82) is 0 Å². The number of benzene rings is 1. The van der Waals surface area contributed by atoms with Crippen LogP contribution >= 0.6 is 23.5 Å². The molecule has 146 valence electrons. The lowest BCUT2D eigenvalue weighted by Gasteiger charge is -2.13. The molecule has 1 unspecified atom stereocenters. The first-order valence-electron chi connectivity index (χ1n) is 9.05. The van der Waals surface area contributed by atoms with Gasteiger partial charge in [0.15, 0.2) is 5.17 Å². The molecule has 0 spiro atoms. The van der Waals surface area contributed by atoms with E-state index in [1.165, 1.54) is 0 Å². The van der Waals surface area contributed by atoms with Crippen LogP contribution in [-0.2, 0) is 11.2 Å².